The van der Waals surface area contributed by atoms with Gasteiger partial charge in [-0.25, -0.2) is 4.79 Å². The van der Waals surface area contributed by atoms with Crippen LogP contribution < -0.4 is 0 Å². The van der Waals surface area contributed by atoms with Crippen LogP contribution in [0, 0.1) is 0 Å². The van der Waals surface area contributed by atoms with Crippen molar-refractivity contribution in [2.24, 2.45) is 0 Å². The molecular weight excluding hydrogens is 336 g/mol. The summed E-state index contributed by atoms with van der Waals surface area (Å²) in [6.45, 7) is 9.20. The summed E-state index contributed by atoms with van der Waals surface area (Å²) >= 11 is 0. The molecule has 0 fully saturated rings. The zero-order valence-corrected chi connectivity index (χ0v) is 17.4. The van der Waals surface area contributed by atoms with E-state index in [-0.39, 0.29) is 5.97 Å². The number of carbonyl (C=O) groups is 1. The zero-order valence-electron chi connectivity index (χ0n) is 16.4. The highest BCUT2D eigenvalue weighted by Crippen LogP contribution is 2.37. The standard InChI is InChI=1S/C23H30O2Si/c1-5-25-23(24)21-16-14-20(15-17-21)22(26(6-2,7-3)8-4)18-19-12-10-9-11-13-19/h9-18H,5-8H2,1-4H3/b22-18+. The van der Waals surface area contributed by atoms with Gasteiger partial charge in [-0.3, -0.25) is 0 Å². The van der Waals surface area contributed by atoms with Gasteiger partial charge in [-0.1, -0.05) is 92.6 Å². The van der Waals surface area contributed by atoms with Gasteiger partial charge in [0.05, 0.1) is 20.2 Å². The lowest BCUT2D eigenvalue weighted by molar-refractivity contribution is 0.0526. The Morgan fingerprint density at radius 1 is 0.846 bits per heavy atom. The van der Waals surface area contributed by atoms with E-state index in [0.717, 1.165) is 0 Å². The van der Waals surface area contributed by atoms with Gasteiger partial charge in [0.25, 0.3) is 0 Å². The van der Waals surface area contributed by atoms with E-state index in [2.05, 4.69) is 69.3 Å². The molecule has 138 valence electrons. The van der Waals surface area contributed by atoms with Crippen molar-refractivity contribution in [3.8, 4) is 0 Å². The van der Waals surface area contributed by atoms with Gasteiger partial charge in [-0.2, -0.15) is 0 Å². The first kappa shape index (κ1) is 20.2. The van der Waals surface area contributed by atoms with Crippen LogP contribution in [0.1, 0.15) is 49.2 Å². The van der Waals surface area contributed by atoms with Crippen LogP contribution in [0.25, 0.3) is 11.3 Å². The summed E-state index contributed by atoms with van der Waals surface area (Å²) in [5, 5.41) is 1.48. The summed E-state index contributed by atoms with van der Waals surface area (Å²) in [6.07, 6.45) is 2.36. The molecule has 26 heavy (non-hydrogen) atoms. The molecule has 2 rings (SSSR count). The molecule has 0 spiro atoms. The molecule has 2 aromatic rings. The summed E-state index contributed by atoms with van der Waals surface area (Å²) in [6, 6.07) is 22.2. The van der Waals surface area contributed by atoms with Crippen LogP contribution in [0.15, 0.2) is 54.6 Å². The maximum atomic E-state index is 12.0. The summed E-state index contributed by atoms with van der Waals surface area (Å²) in [4.78, 5) is 12.0. The average Bonchev–Trinajstić information content (AvgIpc) is 2.70. The van der Waals surface area contributed by atoms with E-state index in [4.69, 9.17) is 4.74 Å². The fourth-order valence-corrected chi connectivity index (χ4v) is 7.47. The molecule has 0 aliphatic rings. The van der Waals surface area contributed by atoms with Crippen LogP contribution in [-0.4, -0.2) is 20.7 Å². The van der Waals surface area contributed by atoms with E-state index < -0.39 is 8.07 Å². The Kier molecular flexibility index (Phi) is 7.40. The Balaban J connectivity index is 2.51. The Morgan fingerprint density at radius 3 is 1.88 bits per heavy atom. The van der Waals surface area contributed by atoms with E-state index in [9.17, 15) is 4.79 Å². The van der Waals surface area contributed by atoms with Crippen LogP contribution in [-0.2, 0) is 4.74 Å². The van der Waals surface area contributed by atoms with E-state index in [1.165, 1.54) is 34.5 Å². The van der Waals surface area contributed by atoms with Crippen LogP contribution in [0.3, 0.4) is 0 Å². The number of hydrogen-bond acceptors (Lipinski definition) is 2. The highest BCUT2D eigenvalue weighted by Gasteiger charge is 2.32. The van der Waals surface area contributed by atoms with Crippen LogP contribution in [0.2, 0.25) is 18.1 Å². The predicted octanol–water partition coefficient (Wildman–Crippen LogP) is 6.45. The SMILES string of the molecule is CCOC(=O)c1ccc(/C(=C\c2ccccc2)[Si](CC)(CC)CC)cc1. The normalized spacial score (nSPS) is 12.1. The molecule has 0 saturated heterocycles. The number of esters is 1. The van der Waals surface area contributed by atoms with Crippen LogP contribution >= 0.6 is 0 Å². The lowest BCUT2D eigenvalue weighted by Crippen LogP contribution is -2.33. The van der Waals surface area contributed by atoms with Gasteiger partial charge in [-0.05, 0) is 30.2 Å². The first-order valence-electron chi connectivity index (χ1n) is 9.65. The van der Waals surface area contributed by atoms with Gasteiger partial charge in [-0.15, -0.1) is 0 Å². The third-order valence-corrected chi connectivity index (χ3v) is 11.1. The molecule has 0 N–H and O–H groups in total. The molecule has 0 unspecified atom stereocenters. The monoisotopic (exact) mass is 366 g/mol. The predicted molar refractivity (Wildman–Crippen MR) is 114 cm³/mol. The maximum Gasteiger partial charge on any atom is 0.338 e. The molecule has 2 aromatic carbocycles. The molecule has 0 heterocycles. The van der Waals surface area contributed by atoms with Crippen molar-refractivity contribution >= 4 is 25.3 Å². The quantitative estimate of drug-likeness (QED) is 0.305. The summed E-state index contributed by atoms with van der Waals surface area (Å²) in [5.74, 6) is -0.252. The van der Waals surface area contributed by atoms with Crippen molar-refractivity contribution in [3.05, 3.63) is 71.3 Å². The average molecular weight is 367 g/mol. The third-order valence-electron chi connectivity index (χ3n) is 5.42. The molecule has 2 nitrogen and oxygen atoms in total. The van der Waals surface area contributed by atoms with Gasteiger partial charge in [0.15, 0.2) is 0 Å². The van der Waals surface area contributed by atoms with Crippen molar-refractivity contribution in [1.29, 1.82) is 0 Å². The largest absolute Gasteiger partial charge is 0.462 e. The van der Waals surface area contributed by atoms with E-state index >= 15 is 0 Å². The Labute approximate surface area is 158 Å². The number of hydrogen-bond donors (Lipinski definition) is 0. The second-order valence-corrected chi connectivity index (χ2v) is 11.8. The molecular formula is C23H30O2Si. The van der Waals surface area contributed by atoms with Crippen LogP contribution in [0.4, 0.5) is 0 Å². The summed E-state index contributed by atoms with van der Waals surface area (Å²) in [5.41, 5.74) is 3.09. The third kappa shape index (κ3) is 4.53. The molecule has 0 amide bonds. The number of rotatable bonds is 8. The Bertz CT molecular complexity index is 720. The molecule has 0 aliphatic carbocycles. The van der Waals surface area contributed by atoms with Gasteiger partial charge in [0.1, 0.15) is 0 Å². The number of ether oxygens (including phenoxy) is 1. The zero-order chi connectivity index (χ0) is 19.0. The highest BCUT2D eigenvalue weighted by molar-refractivity contribution is 6.97. The van der Waals surface area contributed by atoms with Crippen molar-refractivity contribution in [1.82, 2.24) is 0 Å². The molecule has 0 bridgehead atoms. The van der Waals surface area contributed by atoms with Gasteiger partial charge in [0, 0.05) is 0 Å². The molecule has 0 atom stereocenters. The lowest BCUT2D eigenvalue weighted by atomic mass is 10.1. The molecule has 3 heteroatoms. The highest BCUT2D eigenvalue weighted by atomic mass is 28.3. The maximum absolute atomic E-state index is 12.0. The van der Waals surface area contributed by atoms with Crippen LogP contribution in [0.5, 0.6) is 0 Å². The summed E-state index contributed by atoms with van der Waals surface area (Å²) < 4.78 is 5.11. The fraction of sp³-hybridized carbons (Fsp3) is 0.348. The fourth-order valence-electron chi connectivity index (χ4n) is 3.58. The first-order valence-corrected chi connectivity index (χ1v) is 12.3. The van der Waals surface area contributed by atoms with Crippen molar-refractivity contribution in [2.45, 2.75) is 45.8 Å². The van der Waals surface area contributed by atoms with Crippen molar-refractivity contribution < 1.29 is 9.53 Å². The number of benzene rings is 2. The first-order chi connectivity index (χ1) is 12.6. The van der Waals surface area contributed by atoms with Gasteiger partial charge < -0.3 is 4.74 Å². The molecule has 0 aromatic heterocycles. The number of carbonyl (C=O) groups excluding carboxylic acids is 1. The smallest absolute Gasteiger partial charge is 0.338 e. The van der Waals surface area contributed by atoms with E-state index in [0.29, 0.717) is 12.2 Å². The lowest BCUT2D eigenvalue weighted by Gasteiger charge is -2.32. The second-order valence-electron chi connectivity index (χ2n) is 6.61. The minimum absolute atomic E-state index is 0.252. The second kappa shape index (κ2) is 9.53. The molecule has 0 aliphatic heterocycles. The van der Waals surface area contributed by atoms with Crippen molar-refractivity contribution in [3.63, 3.8) is 0 Å². The molecule has 0 radical (unpaired) electrons. The Hall–Kier alpha value is -2.13. The minimum atomic E-state index is -1.59. The van der Waals surface area contributed by atoms with E-state index in [1.807, 2.05) is 19.1 Å². The summed E-state index contributed by atoms with van der Waals surface area (Å²) in [7, 11) is -1.59. The van der Waals surface area contributed by atoms with E-state index in [1.54, 1.807) is 0 Å². The minimum Gasteiger partial charge on any atom is -0.462 e. The van der Waals surface area contributed by atoms with Gasteiger partial charge >= 0.3 is 5.97 Å². The topological polar surface area (TPSA) is 26.3 Å². The molecule has 0 saturated carbocycles. The van der Waals surface area contributed by atoms with Crippen molar-refractivity contribution in [2.75, 3.05) is 6.61 Å². The Morgan fingerprint density at radius 2 is 1.38 bits per heavy atom. The van der Waals surface area contributed by atoms with Gasteiger partial charge in [0.2, 0.25) is 0 Å².